The first-order valence-corrected chi connectivity index (χ1v) is 6.34. The minimum Gasteiger partial charge on any atom is -0.479 e. The molecule has 2 rings (SSSR count). The van der Waals surface area contributed by atoms with Gasteiger partial charge in [-0.2, -0.15) is 4.98 Å². The van der Waals surface area contributed by atoms with Crippen molar-refractivity contribution in [2.75, 3.05) is 24.7 Å². The van der Waals surface area contributed by atoms with E-state index < -0.39 is 0 Å². The highest BCUT2D eigenvalue weighted by Gasteiger charge is 2.14. The molecular formula is C13H21N3O. The van der Waals surface area contributed by atoms with Gasteiger partial charge in [-0.3, -0.25) is 0 Å². The Labute approximate surface area is 103 Å². The lowest BCUT2D eigenvalue weighted by Crippen LogP contribution is -2.08. The molecule has 0 aliphatic heterocycles. The maximum absolute atomic E-state index is 5.71. The molecule has 0 spiro atoms. The molecule has 1 aromatic rings. The van der Waals surface area contributed by atoms with Crippen molar-refractivity contribution in [1.29, 1.82) is 0 Å². The molecule has 4 heteroatoms. The van der Waals surface area contributed by atoms with Gasteiger partial charge in [-0.1, -0.05) is 25.7 Å². The van der Waals surface area contributed by atoms with Crippen molar-refractivity contribution >= 4 is 11.5 Å². The summed E-state index contributed by atoms with van der Waals surface area (Å²) in [5, 5.41) is 3.33. The molecule has 1 aliphatic rings. The molecule has 1 fully saturated rings. The topological polar surface area (TPSA) is 60.2 Å². The summed E-state index contributed by atoms with van der Waals surface area (Å²) in [7, 11) is 1.58. The number of anilines is 2. The Kier molecular flexibility index (Phi) is 4.07. The largest absolute Gasteiger partial charge is 0.479 e. The second-order valence-corrected chi connectivity index (χ2v) is 4.66. The highest BCUT2D eigenvalue weighted by Crippen LogP contribution is 2.27. The highest BCUT2D eigenvalue weighted by atomic mass is 16.5. The van der Waals surface area contributed by atoms with Gasteiger partial charge >= 0.3 is 0 Å². The quantitative estimate of drug-likeness (QED) is 0.823. The fourth-order valence-electron chi connectivity index (χ4n) is 2.42. The van der Waals surface area contributed by atoms with Gasteiger partial charge in [-0.25, -0.2) is 0 Å². The molecule has 1 saturated carbocycles. The van der Waals surface area contributed by atoms with Gasteiger partial charge in [-0.15, -0.1) is 0 Å². The molecule has 0 atom stereocenters. The van der Waals surface area contributed by atoms with E-state index in [0.29, 0.717) is 11.6 Å². The van der Waals surface area contributed by atoms with Crippen LogP contribution in [-0.2, 0) is 0 Å². The molecule has 1 heterocycles. The zero-order valence-electron chi connectivity index (χ0n) is 10.4. The molecule has 0 bridgehead atoms. The number of nitrogens with two attached hydrogens (primary N) is 1. The second-order valence-electron chi connectivity index (χ2n) is 4.66. The number of hydrogen-bond acceptors (Lipinski definition) is 4. The molecule has 4 nitrogen and oxygen atoms in total. The van der Waals surface area contributed by atoms with Crippen LogP contribution in [0, 0.1) is 5.92 Å². The Hall–Kier alpha value is -1.45. The summed E-state index contributed by atoms with van der Waals surface area (Å²) in [6, 6.07) is 3.72. The van der Waals surface area contributed by atoms with E-state index in [1.54, 1.807) is 7.11 Å². The first-order valence-electron chi connectivity index (χ1n) is 6.34. The van der Waals surface area contributed by atoms with E-state index in [4.69, 9.17) is 10.5 Å². The zero-order valence-corrected chi connectivity index (χ0v) is 10.4. The average Bonchev–Trinajstić information content (AvgIpc) is 2.84. The minimum atomic E-state index is 0.496. The van der Waals surface area contributed by atoms with Gasteiger partial charge < -0.3 is 15.8 Å². The summed E-state index contributed by atoms with van der Waals surface area (Å²) < 4.78 is 5.09. The summed E-state index contributed by atoms with van der Waals surface area (Å²) in [4.78, 5) is 4.30. The number of hydrogen-bond donors (Lipinski definition) is 2. The van der Waals surface area contributed by atoms with Crippen LogP contribution >= 0.6 is 0 Å². The molecule has 1 aromatic heterocycles. The summed E-state index contributed by atoms with van der Waals surface area (Å²) in [6.07, 6.45) is 6.81. The van der Waals surface area contributed by atoms with Crippen LogP contribution in [0.2, 0.25) is 0 Å². The second kappa shape index (κ2) is 5.75. The van der Waals surface area contributed by atoms with Crippen LogP contribution in [0.5, 0.6) is 5.88 Å². The fourth-order valence-corrected chi connectivity index (χ4v) is 2.42. The number of nitrogens with one attached hydrogen (secondary N) is 1. The molecule has 0 saturated heterocycles. The number of nitrogens with zero attached hydrogens (tertiary/aromatic N) is 1. The van der Waals surface area contributed by atoms with Gasteiger partial charge in [0.15, 0.2) is 0 Å². The van der Waals surface area contributed by atoms with E-state index >= 15 is 0 Å². The molecule has 0 radical (unpaired) electrons. The van der Waals surface area contributed by atoms with Crippen molar-refractivity contribution in [2.45, 2.75) is 32.1 Å². The lowest BCUT2D eigenvalue weighted by molar-refractivity contribution is 0.401. The molecule has 0 unspecified atom stereocenters. The molecule has 94 valence electrons. The Bertz CT molecular complexity index is 362. The third-order valence-electron chi connectivity index (χ3n) is 3.42. The Morgan fingerprint density at radius 3 is 2.88 bits per heavy atom. The van der Waals surface area contributed by atoms with Crippen LogP contribution in [-0.4, -0.2) is 18.6 Å². The predicted octanol–water partition coefficient (Wildman–Crippen LogP) is 2.66. The van der Waals surface area contributed by atoms with Crippen molar-refractivity contribution in [3.05, 3.63) is 12.1 Å². The van der Waals surface area contributed by atoms with Crippen molar-refractivity contribution in [3.8, 4) is 5.88 Å². The fraction of sp³-hybridized carbons (Fsp3) is 0.615. The van der Waals surface area contributed by atoms with E-state index in [1.807, 2.05) is 12.1 Å². The molecule has 0 aromatic carbocycles. The first kappa shape index (κ1) is 12.0. The summed E-state index contributed by atoms with van der Waals surface area (Å²) in [6.45, 7) is 0.977. The van der Waals surface area contributed by atoms with Gasteiger partial charge in [0.2, 0.25) is 5.88 Å². The molecule has 0 amide bonds. The van der Waals surface area contributed by atoms with Crippen LogP contribution in [0.25, 0.3) is 0 Å². The van der Waals surface area contributed by atoms with Crippen molar-refractivity contribution in [3.63, 3.8) is 0 Å². The van der Waals surface area contributed by atoms with E-state index in [9.17, 15) is 0 Å². The van der Waals surface area contributed by atoms with Crippen molar-refractivity contribution in [1.82, 2.24) is 4.98 Å². The Morgan fingerprint density at radius 2 is 2.18 bits per heavy atom. The Morgan fingerprint density at radius 1 is 1.41 bits per heavy atom. The number of rotatable bonds is 5. The standard InChI is InChI=1S/C13H21N3O/c1-17-13-11(14)6-7-12(16-13)15-9-8-10-4-2-3-5-10/h6-7,10H,2-5,8-9,14H2,1H3,(H,15,16). The van der Waals surface area contributed by atoms with Crippen LogP contribution in [0.4, 0.5) is 11.5 Å². The van der Waals surface area contributed by atoms with E-state index in [2.05, 4.69) is 10.3 Å². The smallest absolute Gasteiger partial charge is 0.238 e. The van der Waals surface area contributed by atoms with E-state index in [0.717, 1.165) is 18.3 Å². The summed E-state index contributed by atoms with van der Waals surface area (Å²) in [5.74, 6) is 2.24. The number of methoxy groups -OCH3 is 1. The van der Waals surface area contributed by atoms with Gasteiger partial charge in [0.1, 0.15) is 5.82 Å². The third kappa shape index (κ3) is 3.25. The number of pyridine rings is 1. The van der Waals surface area contributed by atoms with E-state index in [1.165, 1.54) is 32.1 Å². The third-order valence-corrected chi connectivity index (χ3v) is 3.42. The molecule has 17 heavy (non-hydrogen) atoms. The predicted molar refractivity (Wildman–Crippen MR) is 70.3 cm³/mol. The van der Waals surface area contributed by atoms with Crippen LogP contribution in [0.3, 0.4) is 0 Å². The van der Waals surface area contributed by atoms with Gasteiger partial charge in [0.25, 0.3) is 0 Å². The molecule has 1 aliphatic carbocycles. The maximum atomic E-state index is 5.71. The molecule has 3 N–H and O–H groups in total. The zero-order chi connectivity index (χ0) is 12.1. The monoisotopic (exact) mass is 235 g/mol. The lowest BCUT2D eigenvalue weighted by Gasteiger charge is -2.11. The first-order chi connectivity index (χ1) is 8.29. The summed E-state index contributed by atoms with van der Waals surface area (Å²) >= 11 is 0. The minimum absolute atomic E-state index is 0.496. The average molecular weight is 235 g/mol. The van der Waals surface area contributed by atoms with Crippen molar-refractivity contribution in [2.24, 2.45) is 5.92 Å². The normalized spacial score (nSPS) is 16.1. The van der Waals surface area contributed by atoms with E-state index in [-0.39, 0.29) is 0 Å². The highest BCUT2D eigenvalue weighted by molar-refractivity contribution is 5.53. The van der Waals surface area contributed by atoms with Crippen LogP contribution < -0.4 is 15.8 Å². The van der Waals surface area contributed by atoms with Gasteiger partial charge in [0.05, 0.1) is 12.8 Å². The lowest BCUT2D eigenvalue weighted by atomic mass is 10.0. The number of ether oxygens (including phenoxy) is 1. The SMILES string of the molecule is COc1nc(NCCC2CCCC2)ccc1N. The van der Waals surface area contributed by atoms with Gasteiger partial charge in [0, 0.05) is 6.54 Å². The number of nitrogen functional groups attached to an aromatic ring is 1. The number of aromatic nitrogens is 1. The van der Waals surface area contributed by atoms with Crippen LogP contribution in [0.1, 0.15) is 32.1 Å². The van der Waals surface area contributed by atoms with Crippen molar-refractivity contribution < 1.29 is 4.74 Å². The van der Waals surface area contributed by atoms with Crippen LogP contribution in [0.15, 0.2) is 12.1 Å². The maximum Gasteiger partial charge on any atom is 0.238 e. The van der Waals surface area contributed by atoms with Gasteiger partial charge in [-0.05, 0) is 24.5 Å². The summed E-state index contributed by atoms with van der Waals surface area (Å²) in [5.41, 5.74) is 6.29. The molecular weight excluding hydrogens is 214 g/mol. The Balaban J connectivity index is 1.81.